The monoisotopic (exact) mass is 1480 g/mol. The van der Waals surface area contributed by atoms with Crippen LogP contribution in [0.5, 0.6) is 0 Å². The van der Waals surface area contributed by atoms with E-state index in [2.05, 4.69) is 352 Å². The lowest BCUT2D eigenvalue weighted by Gasteiger charge is -2.30. The van der Waals surface area contributed by atoms with Crippen molar-refractivity contribution >= 4 is 143 Å². The molecule has 9 heterocycles. The summed E-state index contributed by atoms with van der Waals surface area (Å²) in [5.74, 6) is 0.447. The van der Waals surface area contributed by atoms with Gasteiger partial charge in [0.15, 0.2) is 0 Å². The van der Waals surface area contributed by atoms with Crippen molar-refractivity contribution in [1.29, 1.82) is 0 Å². The predicted octanol–water partition coefficient (Wildman–Crippen LogP) is 28.3. The summed E-state index contributed by atoms with van der Waals surface area (Å²) >= 11 is 0. The zero-order valence-corrected chi connectivity index (χ0v) is 62.8. The Morgan fingerprint density at radius 2 is 0.696 bits per heavy atom. The second-order valence-corrected chi connectivity index (χ2v) is 32.0. The Kier molecular flexibility index (Phi) is 13.4. The molecule has 9 nitrogen and oxygen atoms in total. The molecule has 2 aliphatic rings. The van der Waals surface area contributed by atoms with Crippen molar-refractivity contribution in [3.63, 3.8) is 0 Å². The van der Waals surface area contributed by atoms with Gasteiger partial charge in [-0.05, 0) is 269 Å². The maximum Gasteiger partial charge on any atom is 0.136 e. The minimum absolute atomic E-state index is 0.298. The van der Waals surface area contributed by atoms with Crippen LogP contribution >= 0.6 is 0 Å². The fraction of sp³-hybridized carbons (Fsp3) is 0.0566. The van der Waals surface area contributed by atoms with Crippen molar-refractivity contribution in [3.8, 4) is 72.9 Å². The highest BCUT2D eigenvalue weighted by Gasteiger charge is 2.34. The van der Waals surface area contributed by atoms with E-state index in [9.17, 15) is 0 Å². The zero-order valence-electron chi connectivity index (χ0n) is 62.8. The van der Waals surface area contributed by atoms with Crippen molar-refractivity contribution < 1.29 is 17.7 Å². The molecule has 2 unspecified atom stereocenters. The van der Waals surface area contributed by atoms with Crippen LogP contribution in [0.1, 0.15) is 41.9 Å². The second kappa shape index (κ2) is 24.1. The highest BCUT2D eigenvalue weighted by Crippen LogP contribution is 2.48. The molecule has 0 spiro atoms. The molecule has 0 saturated heterocycles. The molecular formula is C106H69N5O4. The topological polar surface area (TPSA) is 77.2 Å². The Balaban J connectivity index is 0.604. The molecule has 9 aromatic heterocycles. The zero-order chi connectivity index (χ0) is 75.5. The summed E-state index contributed by atoms with van der Waals surface area (Å²) < 4.78 is 37.0. The van der Waals surface area contributed by atoms with E-state index in [0.717, 1.165) is 151 Å². The van der Waals surface area contributed by atoms with Gasteiger partial charge < -0.3 is 40.5 Å². The third kappa shape index (κ3) is 9.55. The van der Waals surface area contributed by atoms with E-state index in [-0.39, 0.29) is 5.41 Å². The first-order chi connectivity index (χ1) is 56.7. The summed E-state index contributed by atoms with van der Waals surface area (Å²) in [6.45, 7) is 4.75. The summed E-state index contributed by atoms with van der Waals surface area (Å²) in [5.41, 5.74) is 33.2. The van der Waals surface area contributed by atoms with Crippen LogP contribution in [0.4, 0.5) is 0 Å². The van der Waals surface area contributed by atoms with Crippen molar-refractivity contribution in [2.45, 2.75) is 32.1 Å². The number of hydrogen-bond acceptors (Lipinski definition) is 4. The summed E-state index contributed by atoms with van der Waals surface area (Å²) in [5, 5.41) is 13.9. The molecule has 2 aliphatic carbocycles. The van der Waals surface area contributed by atoms with E-state index >= 15 is 0 Å². The van der Waals surface area contributed by atoms with Crippen molar-refractivity contribution in [2.75, 3.05) is 0 Å². The average molecular weight is 1480 g/mol. The van der Waals surface area contributed by atoms with Gasteiger partial charge in [0.25, 0.3) is 0 Å². The van der Waals surface area contributed by atoms with E-state index in [1.807, 2.05) is 18.4 Å². The fourth-order valence-corrected chi connectivity index (χ4v) is 19.8. The Morgan fingerprint density at radius 1 is 0.287 bits per heavy atom. The normalized spacial score (nSPS) is 15.0. The smallest absolute Gasteiger partial charge is 0.136 e. The average Bonchev–Trinajstić information content (AvgIpc) is 1.58. The van der Waals surface area contributed by atoms with E-state index in [1.54, 1.807) is 18.8 Å². The largest absolute Gasteiger partial charge is 0.472 e. The number of allylic oxidation sites excluding steroid dienone is 2. The van der Waals surface area contributed by atoms with Gasteiger partial charge in [-0.25, -0.2) is 0 Å². The van der Waals surface area contributed by atoms with Gasteiger partial charge in [-0.15, -0.1) is 0 Å². The van der Waals surface area contributed by atoms with Crippen molar-refractivity contribution in [2.24, 2.45) is 5.92 Å². The highest BCUT2D eigenvalue weighted by molar-refractivity contribution is 6.16. The molecule has 0 saturated carbocycles. The number of nitrogens with zero attached hydrogens (tertiary/aromatic N) is 5. The Labute approximate surface area is 659 Å². The van der Waals surface area contributed by atoms with E-state index in [1.165, 1.54) is 93.9 Å². The van der Waals surface area contributed by atoms with Gasteiger partial charge in [0, 0.05) is 121 Å². The third-order valence-electron chi connectivity index (χ3n) is 25.3. The molecule has 0 fully saturated rings. The van der Waals surface area contributed by atoms with Gasteiger partial charge >= 0.3 is 0 Å². The first-order valence-electron chi connectivity index (χ1n) is 39.7. The van der Waals surface area contributed by atoms with Gasteiger partial charge in [-0.2, -0.15) is 0 Å². The Morgan fingerprint density at radius 3 is 1.23 bits per heavy atom. The van der Waals surface area contributed by atoms with Gasteiger partial charge in [-0.3, -0.25) is 0 Å². The lowest BCUT2D eigenvalue weighted by molar-refractivity contribution is 0.568. The van der Waals surface area contributed by atoms with Crippen LogP contribution in [0.2, 0.25) is 0 Å². The first-order valence-corrected chi connectivity index (χ1v) is 39.7. The predicted molar refractivity (Wildman–Crippen MR) is 472 cm³/mol. The highest BCUT2D eigenvalue weighted by atomic mass is 16.3. The molecule has 0 amide bonds. The molecule has 0 bridgehead atoms. The maximum atomic E-state index is 6.97. The molecule has 14 aromatic carbocycles. The Hall–Kier alpha value is -14.8. The minimum atomic E-state index is -0.298. The molecule has 0 radical (unpaired) electrons. The standard InChI is InChI=1S/C106H69N5O4/c1-63-21-33-94-81(49-63)83-50-64(23-34-96(83)108(94)74-15-7-4-8-16-74)65-24-35-99-86(51-65)87-56-72(106(2)46-43-101-91(60-106)79-18-10-12-20-93(79)107(101)73-13-5-3-6-14-73)28-39-100(87)111(99)75-29-40-102-88(57-75)80-32-22-69(55-105(80)115-102)66-25-36-97-84(52-66)85-54-68(71-45-48-113-62-71)27-38-98(85)110(97)77-31-42-104-90(59-77)89-58-76(30-41-103(89)114-104)109-92-19-11-9-17-78(92)82-53-67(26-37-95(82)109)70-44-47-112-61-70/h3-48,50-59,61-63H,49,60H2,1-2H3. The van der Waals surface area contributed by atoms with E-state index < -0.39 is 0 Å². The maximum absolute atomic E-state index is 6.97. The van der Waals surface area contributed by atoms with Gasteiger partial charge in [0.2, 0.25) is 0 Å². The molecule has 9 heteroatoms. The van der Waals surface area contributed by atoms with Crippen LogP contribution in [-0.2, 0) is 18.3 Å². The molecule has 542 valence electrons. The Bertz CT molecular complexity index is 8120. The summed E-state index contributed by atoms with van der Waals surface area (Å²) in [6, 6.07) is 112. The third-order valence-corrected chi connectivity index (χ3v) is 25.3. The quantitative estimate of drug-likeness (QED) is 0.137. The van der Waals surface area contributed by atoms with Gasteiger partial charge in [0.1, 0.15) is 22.3 Å². The molecule has 2 atom stereocenters. The summed E-state index contributed by atoms with van der Waals surface area (Å²) in [6.07, 6.45) is 18.5. The second-order valence-electron chi connectivity index (χ2n) is 32.0. The number of rotatable bonds is 10. The van der Waals surface area contributed by atoms with Crippen molar-refractivity contribution in [1.82, 2.24) is 22.8 Å². The van der Waals surface area contributed by atoms with Crippen LogP contribution in [0.3, 0.4) is 0 Å². The number of para-hydroxylation sites is 4. The van der Waals surface area contributed by atoms with Gasteiger partial charge in [-0.1, -0.05) is 141 Å². The van der Waals surface area contributed by atoms with Crippen molar-refractivity contribution in [3.05, 3.63) is 369 Å². The molecule has 0 N–H and O–H groups in total. The number of aromatic nitrogens is 5. The molecule has 25 rings (SSSR count). The number of fused-ring (bicyclic) bond motifs is 21. The number of furan rings is 4. The van der Waals surface area contributed by atoms with E-state index in [4.69, 9.17) is 17.7 Å². The van der Waals surface area contributed by atoms with Crippen LogP contribution in [0, 0.1) is 5.92 Å². The SMILES string of the molecule is CC1C=Cc2c(c3cc(-c4ccc5c(c4)c4cc(C6(C)C=Cc7c(c8ccccc8n7-c7ccccc7)C6)ccc4n5-c4ccc5oc6cc(-c7ccc8c(c7)c7cc(-c9ccoc9)ccc7n8-c7ccc8oc9ccc(-n%10c%11ccccc%11c%11cc(-c%12ccoc%12)ccc%11%10)cc9c8c7)ccc6c5c4)ccc3n2-c2ccccc2)C1. The summed E-state index contributed by atoms with van der Waals surface area (Å²) in [4.78, 5) is 0. The molecule has 23 aromatic rings. The molecular weight excluding hydrogens is 1410 g/mol. The van der Waals surface area contributed by atoms with Crippen LogP contribution in [0.25, 0.3) is 216 Å². The van der Waals surface area contributed by atoms with E-state index in [0.29, 0.717) is 5.92 Å². The van der Waals surface area contributed by atoms with Crippen LogP contribution in [0.15, 0.2) is 358 Å². The van der Waals surface area contributed by atoms with Gasteiger partial charge in [0.05, 0.1) is 69.2 Å². The summed E-state index contributed by atoms with van der Waals surface area (Å²) in [7, 11) is 0. The van der Waals surface area contributed by atoms with Crippen LogP contribution < -0.4 is 0 Å². The molecule has 0 aliphatic heterocycles. The lowest BCUT2D eigenvalue weighted by Crippen LogP contribution is -2.25. The molecule has 115 heavy (non-hydrogen) atoms. The van der Waals surface area contributed by atoms with Crippen LogP contribution in [-0.4, -0.2) is 22.8 Å². The fourth-order valence-electron chi connectivity index (χ4n) is 19.8. The number of hydrogen-bond donors (Lipinski definition) is 0. The minimum Gasteiger partial charge on any atom is -0.472 e. The lowest BCUT2D eigenvalue weighted by atomic mass is 9.73. The first kappa shape index (κ1) is 63.9. The number of benzene rings is 14.